The summed E-state index contributed by atoms with van der Waals surface area (Å²) < 4.78 is 5.11. The van der Waals surface area contributed by atoms with Crippen LogP contribution in [-0.2, 0) is 9.53 Å². The number of carbonyl (C=O) groups excluding carboxylic acids is 1. The van der Waals surface area contributed by atoms with E-state index in [4.69, 9.17) is 4.74 Å². The standard InChI is InChI=1S/C12H22O2/c1-5-6-7-8-9-14-12(13)11(4)10(2)3/h5-9H2,1-4H3. The van der Waals surface area contributed by atoms with Crippen molar-refractivity contribution < 1.29 is 9.53 Å². The molecule has 0 aromatic heterocycles. The van der Waals surface area contributed by atoms with Crippen molar-refractivity contribution in [2.24, 2.45) is 0 Å². The van der Waals surface area contributed by atoms with Gasteiger partial charge in [0.15, 0.2) is 0 Å². The molecule has 0 saturated carbocycles. The van der Waals surface area contributed by atoms with Crippen LogP contribution in [0.2, 0.25) is 0 Å². The van der Waals surface area contributed by atoms with E-state index in [2.05, 4.69) is 6.92 Å². The zero-order valence-corrected chi connectivity index (χ0v) is 9.85. The Balaban J connectivity index is 3.60. The lowest BCUT2D eigenvalue weighted by atomic mass is 10.2. The Morgan fingerprint density at radius 2 is 1.71 bits per heavy atom. The molecule has 0 bridgehead atoms. The summed E-state index contributed by atoms with van der Waals surface area (Å²) in [7, 11) is 0. The third-order valence-corrected chi connectivity index (χ3v) is 2.29. The molecule has 0 radical (unpaired) electrons. The van der Waals surface area contributed by atoms with Gasteiger partial charge in [0.2, 0.25) is 0 Å². The van der Waals surface area contributed by atoms with Crippen LogP contribution in [0.1, 0.15) is 53.4 Å². The lowest BCUT2D eigenvalue weighted by Gasteiger charge is -2.05. The van der Waals surface area contributed by atoms with Crippen molar-refractivity contribution in [3.05, 3.63) is 11.1 Å². The third kappa shape index (κ3) is 5.79. The molecule has 0 fully saturated rings. The molecule has 14 heavy (non-hydrogen) atoms. The molecule has 2 heteroatoms. The molecule has 0 spiro atoms. The highest BCUT2D eigenvalue weighted by molar-refractivity contribution is 5.88. The van der Waals surface area contributed by atoms with Crippen molar-refractivity contribution in [3.8, 4) is 0 Å². The molecule has 0 aliphatic carbocycles. The van der Waals surface area contributed by atoms with E-state index in [1.54, 1.807) is 0 Å². The van der Waals surface area contributed by atoms with Gasteiger partial charge in [0, 0.05) is 5.57 Å². The topological polar surface area (TPSA) is 26.3 Å². The number of allylic oxidation sites excluding steroid dienone is 1. The average molecular weight is 198 g/mol. The third-order valence-electron chi connectivity index (χ3n) is 2.29. The van der Waals surface area contributed by atoms with Crippen molar-refractivity contribution in [2.45, 2.75) is 53.4 Å². The lowest BCUT2D eigenvalue weighted by molar-refractivity contribution is -0.139. The maximum absolute atomic E-state index is 11.3. The van der Waals surface area contributed by atoms with E-state index in [1.807, 2.05) is 20.8 Å². The second kappa shape index (κ2) is 7.60. The fourth-order valence-corrected chi connectivity index (χ4v) is 1.01. The van der Waals surface area contributed by atoms with Gasteiger partial charge in [0.25, 0.3) is 0 Å². The Morgan fingerprint density at radius 1 is 1.07 bits per heavy atom. The second-order valence-corrected chi connectivity index (χ2v) is 3.82. The minimum Gasteiger partial charge on any atom is -0.462 e. The monoisotopic (exact) mass is 198 g/mol. The normalized spacial score (nSPS) is 9.71. The van der Waals surface area contributed by atoms with Gasteiger partial charge in [0.05, 0.1) is 6.61 Å². The van der Waals surface area contributed by atoms with Crippen molar-refractivity contribution in [1.29, 1.82) is 0 Å². The summed E-state index contributed by atoms with van der Waals surface area (Å²) >= 11 is 0. The van der Waals surface area contributed by atoms with Crippen LogP contribution in [0.5, 0.6) is 0 Å². The molecule has 0 amide bonds. The highest BCUT2D eigenvalue weighted by atomic mass is 16.5. The van der Waals surface area contributed by atoms with Gasteiger partial charge >= 0.3 is 5.97 Å². The Hall–Kier alpha value is -0.790. The summed E-state index contributed by atoms with van der Waals surface area (Å²) in [5.41, 5.74) is 1.77. The van der Waals surface area contributed by atoms with Gasteiger partial charge in [-0.2, -0.15) is 0 Å². The molecule has 0 rings (SSSR count). The zero-order chi connectivity index (χ0) is 11.0. The van der Waals surface area contributed by atoms with Crippen LogP contribution >= 0.6 is 0 Å². The summed E-state index contributed by atoms with van der Waals surface area (Å²) in [6.07, 6.45) is 4.56. The number of hydrogen-bond donors (Lipinski definition) is 0. The Labute approximate surface area is 87.3 Å². The quantitative estimate of drug-likeness (QED) is 0.371. The van der Waals surface area contributed by atoms with Crippen molar-refractivity contribution in [3.63, 3.8) is 0 Å². The number of unbranched alkanes of at least 4 members (excludes halogenated alkanes) is 3. The van der Waals surface area contributed by atoms with Gasteiger partial charge in [-0.05, 0) is 27.2 Å². The second-order valence-electron chi connectivity index (χ2n) is 3.82. The molecule has 0 aromatic carbocycles. The molecule has 2 nitrogen and oxygen atoms in total. The summed E-state index contributed by atoms with van der Waals surface area (Å²) in [4.78, 5) is 11.3. The Morgan fingerprint density at radius 3 is 2.21 bits per heavy atom. The summed E-state index contributed by atoms with van der Waals surface area (Å²) in [6.45, 7) is 8.38. The van der Waals surface area contributed by atoms with Crippen LogP contribution in [0, 0.1) is 0 Å². The maximum Gasteiger partial charge on any atom is 0.333 e. The van der Waals surface area contributed by atoms with Crippen molar-refractivity contribution in [2.75, 3.05) is 6.61 Å². The van der Waals surface area contributed by atoms with E-state index in [9.17, 15) is 4.79 Å². The van der Waals surface area contributed by atoms with Crippen LogP contribution in [0.3, 0.4) is 0 Å². The maximum atomic E-state index is 11.3. The van der Waals surface area contributed by atoms with Crippen LogP contribution in [0.4, 0.5) is 0 Å². The molecule has 82 valence electrons. The van der Waals surface area contributed by atoms with Crippen molar-refractivity contribution in [1.82, 2.24) is 0 Å². The molecule has 0 aliphatic rings. The van der Waals surface area contributed by atoms with Crippen LogP contribution < -0.4 is 0 Å². The molecule has 0 heterocycles. The Kier molecular flexibility index (Phi) is 7.17. The average Bonchev–Trinajstić information content (AvgIpc) is 2.16. The molecule has 0 aromatic rings. The molecule has 0 unspecified atom stereocenters. The summed E-state index contributed by atoms with van der Waals surface area (Å²) in [6, 6.07) is 0. The van der Waals surface area contributed by atoms with Gasteiger partial charge in [-0.25, -0.2) is 4.79 Å². The largest absolute Gasteiger partial charge is 0.462 e. The first-order valence-electron chi connectivity index (χ1n) is 5.40. The molecule has 0 aliphatic heterocycles. The fraction of sp³-hybridized carbons (Fsp3) is 0.750. The van der Waals surface area contributed by atoms with E-state index in [-0.39, 0.29) is 5.97 Å². The minimum absolute atomic E-state index is 0.165. The first kappa shape index (κ1) is 13.2. The fourth-order valence-electron chi connectivity index (χ4n) is 1.01. The number of esters is 1. The van der Waals surface area contributed by atoms with Crippen LogP contribution in [0.25, 0.3) is 0 Å². The van der Waals surface area contributed by atoms with E-state index >= 15 is 0 Å². The predicted molar refractivity (Wildman–Crippen MR) is 59.1 cm³/mol. The van der Waals surface area contributed by atoms with Gasteiger partial charge < -0.3 is 4.74 Å². The Bertz CT molecular complexity index is 200. The summed E-state index contributed by atoms with van der Waals surface area (Å²) in [5.74, 6) is -0.165. The number of hydrogen-bond acceptors (Lipinski definition) is 2. The van der Waals surface area contributed by atoms with Crippen molar-refractivity contribution >= 4 is 5.97 Å². The van der Waals surface area contributed by atoms with E-state index in [0.29, 0.717) is 6.61 Å². The SMILES string of the molecule is CCCCCCOC(=O)C(C)=C(C)C. The van der Waals surface area contributed by atoms with Gasteiger partial charge in [0.1, 0.15) is 0 Å². The number of rotatable bonds is 6. The lowest BCUT2D eigenvalue weighted by Crippen LogP contribution is -2.08. The highest BCUT2D eigenvalue weighted by Crippen LogP contribution is 2.05. The summed E-state index contributed by atoms with van der Waals surface area (Å²) in [5, 5.41) is 0. The number of ether oxygens (including phenoxy) is 1. The van der Waals surface area contributed by atoms with Gasteiger partial charge in [-0.3, -0.25) is 0 Å². The van der Waals surface area contributed by atoms with Gasteiger partial charge in [-0.15, -0.1) is 0 Å². The molecular formula is C12H22O2. The van der Waals surface area contributed by atoms with Gasteiger partial charge in [-0.1, -0.05) is 31.8 Å². The smallest absolute Gasteiger partial charge is 0.333 e. The minimum atomic E-state index is -0.165. The predicted octanol–water partition coefficient (Wildman–Crippen LogP) is 3.47. The molecular weight excluding hydrogens is 176 g/mol. The number of carbonyl (C=O) groups is 1. The van der Waals surface area contributed by atoms with E-state index < -0.39 is 0 Å². The first-order valence-corrected chi connectivity index (χ1v) is 5.40. The van der Waals surface area contributed by atoms with Crippen LogP contribution in [0.15, 0.2) is 11.1 Å². The zero-order valence-electron chi connectivity index (χ0n) is 9.85. The van der Waals surface area contributed by atoms with E-state index in [1.165, 1.54) is 12.8 Å². The molecule has 0 N–H and O–H groups in total. The van der Waals surface area contributed by atoms with E-state index in [0.717, 1.165) is 24.0 Å². The first-order chi connectivity index (χ1) is 6.59. The van der Waals surface area contributed by atoms with Crippen LogP contribution in [-0.4, -0.2) is 12.6 Å². The molecule has 0 atom stereocenters. The highest BCUT2D eigenvalue weighted by Gasteiger charge is 2.05. The molecule has 0 saturated heterocycles.